The average molecular weight is 330 g/mol. The van der Waals surface area contributed by atoms with Crippen molar-refractivity contribution in [2.75, 3.05) is 33.4 Å². The van der Waals surface area contributed by atoms with Gasteiger partial charge in [-0.05, 0) is 37.2 Å². The van der Waals surface area contributed by atoms with E-state index < -0.39 is 0 Å². The highest BCUT2D eigenvalue weighted by Gasteiger charge is 2.27. The molecule has 0 atom stereocenters. The predicted octanol–water partition coefficient (Wildman–Crippen LogP) is 2.93. The van der Waals surface area contributed by atoms with Crippen LogP contribution in [0.5, 0.6) is 0 Å². The summed E-state index contributed by atoms with van der Waals surface area (Å²) in [6.45, 7) is 4.81. The molecule has 2 fully saturated rings. The lowest BCUT2D eigenvalue weighted by molar-refractivity contribution is -0.134. The zero-order chi connectivity index (χ0) is 16.8. The van der Waals surface area contributed by atoms with E-state index in [0.29, 0.717) is 24.3 Å². The number of carbonyl (C=O) groups excluding carboxylic acids is 1. The zero-order valence-corrected chi connectivity index (χ0v) is 14.8. The molecule has 0 unspecified atom stereocenters. The number of hydrogen-bond donors (Lipinski definition) is 0. The molecule has 0 radical (unpaired) electrons. The van der Waals surface area contributed by atoms with Crippen LogP contribution in [-0.2, 0) is 16.1 Å². The number of piperidine rings is 1. The Morgan fingerprint density at radius 1 is 1.12 bits per heavy atom. The van der Waals surface area contributed by atoms with E-state index in [0.717, 1.165) is 58.5 Å². The van der Waals surface area contributed by atoms with E-state index in [1.165, 1.54) is 5.56 Å². The molecule has 2 heterocycles. The molecule has 4 nitrogen and oxygen atoms in total. The summed E-state index contributed by atoms with van der Waals surface area (Å²) in [5.41, 5.74) is 1.37. The normalized spacial score (nSPS) is 20.9. The number of amides is 1. The number of hydrogen-bond acceptors (Lipinski definition) is 3. The highest BCUT2D eigenvalue weighted by atomic mass is 16.5. The van der Waals surface area contributed by atoms with Crippen molar-refractivity contribution < 1.29 is 9.53 Å². The maximum absolute atomic E-state index is 12.6. The molecule has 2 aliphatic rings. The fourth-order valence-electron chi connectivity index (χ4n) is 3.85. The molecular formula is C20H30N2O2. The van der Waals surface area contributed by atoms with Crippen molar-refractivity contribution in [1.82, 2.24) is 9.80 Å². The average Bonchev–Trinajstić information content (AvgIpc) is 2.63. The van der Waals surface area contributed by atoms with E-state index >= 15 is 0 Å². The van der Waals surface area contributed by atoms with E-state index in [9.17, 15) is 4.79 Å². The van der Waals surface area contributed by atoms with Gasteiger partial charge >= 0.3 is 0 Å². The first-order valence-corrected chi connectivity index (χ1v) is 9.32. The number of likely N-dealkylation sites (tertiary alicyclic amines) is 1. The van der Waals surface area contributed by atoms with Crippen molar-refractivity contribution in [3.8, 4) is 0 Å². The van der Waals surface area contributed by atoms with E-state index in [4.69, 9.17) is 4.74 Å². The fraction of sp³-hybridized carbons (Fsp3) is 0.650. The Kier molecular flexibility index (Phi) is 6.27. The number of rotatable bonds is 5. The van der Waals surface area contributed by atoms with Gasteiger partial charge in [0.1, 0.15) is 0 Å². The molecule has 1 aromatic rings. The first kappa shape index (κ1) is 17.4. The van der Waals surface area contributed by atoms with Crippen molar-refractivity contribution in [1.29, 1.82) is 0 Å². The number of ether oxygens (including phenoxy) is 1. The van der Waals surface area contributed by atoms with Gasteiger partial charge in [0.25, 0.3) is 0 Å². The topological polar surface area (TPSA) is 32.8 Å². The Labute approximate surface area is 145 Å². The second kappa shape index (κ2) is 8.63. The maximum atomic E-state index is 12.6. The van der Waals surface area contributed by atoms with Crippen LogP contribution in [0.3, 0.4) is 0 Å². The molecule has 0 bridgehead atoms. The Morgan fingerprint density at radius 3 is 2.46 bits per heavy atom. The van der Waals surface area contributed by atoms with E-state index in [1.807, 2.05) is 11.9 Å². The first-order valence-electron chi connectivity index (χ1n) is 9.32. The van der Waals surface area contributed by atoms with Crippen molar-refractivity contribution in [3.63, 3.8) is 0 Å². The molecule has 0 aromatic heterocycles. The second-order valence-electron chi connectivity index (χ2n) is 7.26. The molecule has 24 heavy (non-hydrogen) atoms. The molecular weight excluding hydrogens is 300 g/mol. The molecule has 132 valence electrons. The molecule has 0 aliphatic carbocycles. The van der Waals surface area contributed by atoms with Crippen molar-refractivity contribution in [2.24, 2.45) is 5.92 Å². The van der Waals surface area contributed by atoms with Gasteiger partial charge in [-0.25, -0.2) is 0 Å². The monoisotopic (exact) mass is 330 g/mol. The SMILES string of the molecule is CN(C(=O)CC1CCOCC1)C1CCN(Cc2ccccc2)CC1. The van der Waals surface area contributed by atoms with Gasteiger partial charge in [-0.1, -0.05) is 30.3 Å². The van der Waals surface area contributed by atoms with E-state index in [1.54, 1.807) is 0 Å². The van der Waals surface area contributed by atoms with Crippen molar-refractivity contribution in [2.45, 2.75) is 44.7 Å². The van der Waals surface area contributed by atoms with Crippen LogP contribution >= 0.6 is 0 Å². The predicted molar refractivity (Wildman–Crippen MR) is 95.7 cm³/mol. The van der Waals surface area contributed by atoms with Crippen LogP contribution < -0.4 is 0 Å². The number of carbonyl (C=O) groups is 1. The zero-order valence-electron chi connectivity index (χ0n) is 14.8. The minimum atomic E-state index is 0.323. The summed E-state index contributed by atoms with van der Waals surface area (Å²) in [5, 5.41) is 0. The molecule has 0 N–H and O–H groups in total. The molecule has 0 saturated carbocycles. The smallest absolute Gasteiger partial charge is 0.222 e. The Morgan fingerprint density at radius 2 is 1.79 bits per heavy atom. The molecule has 1 aromatic carbocycles. The van der Waals surface area contributed by atoms with Crippen LogP contribution in [0.4, 0.5) is 0 Å². The van der Waals surface area contributed by atoms with Gasteiger partial charge in [0.15, 0.2) is 0 Å². The molecule has 2 saturated heterocycles. The Balaban J connectivity index is 1.42. The van der Waals surface area contributed by atoms with Gasteiger partial charge < -0.3 is 9.64 Å². The van der Waals surface area contributed by atoms with Crippen LogP contribution in [-0.4, -0.2) is 55.1 Å². The first-order chi connectivity index (χ1) is 11.7. The molecule has 1 amide bonds. The summed E-state index contributed by atoms with van der Waals surface area (Å²) in [6, 6.07) is 11.1. The largest absolute Gasteiger partial charge is 0.381 e. The maximum Gasteiger partial charge on any atom is 0.222 e. The van der Waals surface area contributed by atoms with Crippen molar-refractivity contribution >= 4 is 5.91 Å². The molecule has 2 aliphatic heterocycles. The highest BCUT2D eigenvalue weighted by Crippen LogP contribution is 2.22. The molecule has 0 spiro atoms. The van der Waals surface area contributed by atoms with Crippen LogP contribution in [0.1, 0.15) is 37.7 Å². The standard InChI is InChI=1S/C20H30N2O2/c1-21(20(23)15-17-9-13-24-14-10-17)19-7-11-22(12-8-19)16-18-5-3-2-4-6-18/h2-6,17,19H,7-16H2,1H3. The van der Waals surface area contributed by atoms with Crippen molar-refractivity contribution in [3.05, 3.63) is 35.9 Å². The van der Waals surface area contributed by atoms with Crippen LogP contribution in [0.15, 0.2) is 30.3 Å². The van der Waals surface area contributed by atoms with Crippen LogP contribution in [0.2, 0.25) is 0 Å². The summed E-state index contributed by atoms with van der Waals surface area (Å²) in [5.74, 6) is 0.843. The van der Waals surface area contributed by atoms with Gasteiger partial charge in [-0.3, -0.25) is 9.69 Å². The quantitative estimate of drug-likeness (QED) is 0.832. The third-order valence-corrected chi connectivity index (χ3v) is 5.55. The number of nitrogens with zero attached hydrogens (tertiary/aromatic N) is 2. The van der Waals surface area contributed by atoms with E-state index in [-0.39, 0.29) is 0 Å². The second-order valence-corrected chi connectivity index (χ2v) is 7.26. The summed E-state index contributed by atoms with van der Waals surface area (Å²) in [4.78, 5) is 17.1. The Hall–Kier alpha value is -1.39. The lowest BCUT2D eigenvalue weighted by atomic mass is 9.95. The number of benzene rings is 1. The van der Waals surface area contributed by atoms with Gasteiger partial charge in [0, 0.05) is 52.4 Å². The van der Waals surface area contributed by atoms with Gasteiger partial charge in [0.05, 0.1) is 0 Å². The summed E-state index contributed by atoms with van der Waals surface area (Å²) in [7, 11) is 2.00. The third kappa shape index (κ3) is 4.81. The Bertz CT molecular complexity index is 506. The van der Waals surface area contributed by atoms with Crippen LogP contribution in [0, 0.1) is 5.92 Å². The molecule has 3 rings (SSSR count). The highest BCUT2D eigenvalue weighted by molar-refractivity contribution is 5.76. The fourth-order valence-corrected chi connectivity index (χ4v) is 3.85. The minimum Gasteiger partial charge on any atom is -0.381 e. The van der Waals surface area contributed by atoms with Crippen LogP contribution in [0.25, 0.3) is 0 Å². The van der Waals surface area contributed by atoms with Gasteiger partial charge in [0.2, 0.25) is 5.91 Å². The van der Waals surface area contributed by atoms with Gasteiger partial charge in [-0.2, -0.15) is 0 Å². The molecule has 4 heteroatoms. The summed E-state index contributed by atoms with van der Waals surface area (Å²) in [6.07, 6.45) is 4.94. The third-order valence-electron chi connectivity index (χ3n) is 5.55. The summed E-state index contributed by atoms with van der Waals surface area (Å²) < 4.78 is 5.39. The lowest BCUT2D eigenvalue weighted by Crippen LogP contribution is -2.45. The van der Waals surface area contributed by atoms with Gasteiger partial charge in [-0.15, -0.1) is 0 Å². The van der Waals surface area contributed by atoms with E-state index in [2.05, 4.69) is 35.2 Å². The lowest BCUT2D eigenvalue weighted by Gasteiger charge is -2.37. The minimum absolute atomic E-state index is 0.323. The summed E-state index contributed by atoms with van der Waals surface area (Å²) >= 11 is 0.